The summed E-state index contributed by atoms with van der Waals surface area (Å²) < 4.78 is 0. The molecule has 0 bridgehead atoms. The molecule has 5 rings (SSSR count). The number of piperazine rings is 1. The van der Waals surface area contributed by atoms with Crippen LogP contribution in [0.15, 0.2) is 4.99 Å². The van der Waals surface area contributed by atoms with Gasteiger partial charge >= 0.3 is 6.03 Å². The summed E-state index contributed by atoms with van der Waals surface area (Å²) in [4.78, 5) is 30.7. The van der Waals surface area contributed by atoms with Crippen molar-refractivity contribution in [1.82, 2.24) is 24.5 Å². The first-order chi connectivity index (χ1) is 19.5. The molecule has 7 nitrogen and oxygen atoms in total. The van der Waals surface area contributed by atoms with E-state index < -0.39 is 0 Å². The topological polar surface area (TPSA) is 45.6 Å². The second-order valence-electron chi connectivity index (χ2n) is 15.6. The largest absolute Gasteiger partial charge is 0.355 e. The summed E-state index contributed by atoms with van der Waals surface area (Å²) in [6.45, 7) is 27.0. The molecule has 5 aliphatic heterocycles. The van der Waals surface area contributed by atoms with Crippen molar-refractivity contribution in [3.8, 4) is 0 Å². The van der Waals surface area contributed by atoms with Gasteiger partial charge in [0, 0.05) is 69.4 Å². The van der Waals surface area contributed by atoms with Gasteiger partial charge in [-0.2, -0.15) is 0 Å². The zero-order chi connectivity index (χ0) is 29.3. The smallest absolute Gasteiger partial charge is 0.320 e. The van der Waals surface area contributed by atoms with E-state index in [0.29, 0.717) is 18.0 Å². The van der Waals surface area contributed by atoms with Crippen LogP contribution in [0.2, 0.25) is 0 Å². The van der Waals surface area contributed by atoms with E-state index in [1.165, 1.54) is 57.6 Å². The highest BCUT2D eigenvalue weighted by Gasteiger charge is 2.40. The van der Waals surface area contributed by atoms with Gasteiger partial charge in [0.05, 0.1) is 6.54 Å². The number of hydrogen-bond donors (Lipinski definition) is 0. The summed E-state index contributed by atoms with van der Waals surface area (Å²) in [7, 11) is 0. The highest BCUT2D eigenvalue weighted by molar-refractivity contribution is 5.86. The van der Waals surface area contributed by atoms with Crippen molar-refractivity contribution in [2.45, 2.75) is 111 Å². The van der Waals surface area contributed by atoms with Crippen LogP contribution in [-0.4, -0.2) is 119 Å². The van der Waals surface area contributed by atoms with Crippen LogP contribution in [0.4, 0.5) is 4.79 Å². The highest BCUT2D eigenvalue weighted by Crippen LogP contribution is 2.35. The number of amides is 2. The van der Waals surface area contributed by atoms with E-state index in [1.54, 1.807) is 0 Å². The van der Waals surface area contributed by atoms with Gasteiger partial charge in [-0.15, -0.1) is 0 Å². The first-order valence-electron chi connectivity index (χ1n) is 17.4. The Morgan fingerprint density at radius 3 is 1.98 bits per heavy atom. The van der Waals surface area contributed by atoms with Crippen molar-refractivity contribution < 1.29 is 4.79 Å². The number of carbonyl (C=O) groups is 1. The predicted octanol–water partition coefficient (Wildman–Crippen LogP) is 5.51. The van der Waals surface area contributed by atoms with Gasteiger partial charge in [-0.3, -0.25) is 9.89 Å². The van der Waals surface area contributed by atoms with Gasteiger partial charge in [0.25, 0.3) is 0 Å². The Morgan fingerprint density at radius 1 is 0.780 bits per heavy atom. The molecule has 0 saturated carbocycles. The number of urea groups is 1. The minimum absolute atomic E-state index is 0.143. The molecule has 0 aromatic carbocycles. The summed E-state index contributed by atoms with van der Waals surface area (Å²) in [5.74, 6) is 5.32. The Kier molecular flexibility index (Phi) is 9.95. The minimum atomic E-state index is 0.143. The molecule has 5 heterocycles. The maximum atomic E-state index is 13.2. The molecule has 0 N–H and O–H groups in total. The molecule has 234 valence electrons. The molecule has 41 heavy (non-hydrogen) atoms. The zero-order valence-corrected chi connectivity index (χ0v) is 27.7. The van der Waals surface area contributed by atoms with E-state index in [1.807, 2.05) is 0 Å². The van der Waals surface area contributed by atoms with Crippen LogP contribution < -0.4 is 0 Å². The van der Waals surface area contributed by atoms with Crippen molar-refractivity contribution >= 4 is 11.9 Å². The van der Waals surface area contributed by atoms with Gasteiger partial charge < -0.3 is 19.6 Å². The van der Waals surface area contributed by atoms with Crippen molar-refractivity contribution in [3.05, 3.63) is 0 Å². The second-order valence-corrected chi connectivity index (χ2v) is 15.6. The molecule has 4 saturated heterocycles. The van der Waals surface area contributed by atoms with E-state index in [2.05, 4.69) is 73.0 Å². The van der Waals surface area contributed by atoms with Crippen LogP contribution in [0.1, 0.15) is 93.4 Å². The number of likely N-dealkylation sites (tertiary alicyclic amines) is 2. The van der Waals surface area contributed by atoms with Gasteiger partial charge in [-0.1, -0.05) is 27.7 Å². The molecule has 3 unspecified atom stereocenters. The van der Waals surface area contributed by atoms with Gasteiger partial charge in [0.15, 0.2) is 0 Å². The van der Waals surface area contributed by atoms with Crippen molar-refractivity contribution in [2.75, 3.05) is 65.4 Å². The summed E-state index contributed by atoms with van der Waals surface area (Å²) in [5.41, 5.74) is 0.143. The molecule has 0 aromatic rings. The van der Waals surface area contributed by atoms with Crippen LogP contribution in [0.5, 0.6) is 0 Å². The Bertz CT molecular complexity index is 893. The predicted molar refractivity (Wildman–Crippen MR) is 170 cm³/mol. The quantitative estimate of drug-likeness (QED) is 0.405. The van der Waals surface area contributed by atoms with Crippen LogP contribution in [-0.2, 0) is 0 Å². The average molecular weight is 571 g/mol. The van der Waals surface area contributed by atoms with Gasteiger partial charge in [-0.05, 0) is 102 Å². The van der Waals surface area contributed by atoms with E-state index in [4.69, 9.17) is 4.99 Å². The molecular formula is C34H62N6O. The molecule has 0 radical (unpaired) electrons. The Balaban J connectivity index is 1.04. The van der Waals surface area contributed by atoms with Crippen molar-refractivity contribution in [1.29, 1.82) is 0 Å². The highest BCUT2D eigenvalue weighted by atomic mass is 16.2. The van der Waals surface area contributed by atoms with Crippen LogP contribution in [0.25, 0.3) is 0 Å². The number of fused-ring (bicyclic) bond motifs is 1. The number of nitrogens with zero attached hydrogens (tertiary/aromatic N) is 6. The fourth-order valence-corrected chi connectivity index (χ4v) is 8.86. The fourth-order valence-electron chi connectivity index (χ4n) is 8.86. The maximum Gasteiger partial charge on any atom is 0.320 e. The molecule has 0 aromatic heterocycles. The van der Waals surface area contributed by atoms with Crippen LogP contribution >= 0.6 is 0 Å². The minimum Gasteiger partial charge on any atom is -0.355 e. The third kappa shape index (κ3) is 7.08. The monoisotopic (exact) mass is 570 g/mol. The molecule has 0 aliphatic carbocycles. The zero-order valence-electron chi connectivity index (χ0n) is 27.7. The maximum absolute atomic E-state index is 13.2. The van der Waals surface area contributed by atoms with Gasteiger partial charge in [-0.25, -0.2) is 4.79 Å². The van der Waals surface area contributed by atoms with E-state index in [0.717, 1.165) is 82.3 Å². The number of amidine groups is 1. The number of aliphatic imine (C=N–C) groups is 1. The number of rotatable bonds is 7. The molecule has 3 atom stereocenters. The third-order valence-electron chi connectivity index (χ3n) is 11.9. The third-order valence-corrected chi connectivity index (χ3v) is 11.9. The standard InChI is InChI=1S/C34H62N6O/c1-25(2)28-8-15-37(16-9-28)33(41)38-18-20-39(21-19-38)34(6,7)23-27(5)36-13-10-29(11-14-36)32-35-24-31-22-30(26(3)4)12-17-40(31)32/h25-31H,8-24H2,1-7H3. The van der Waals surface area contributed by atoms with Gasteiger partial charge in [0.1, 0.15) is 5.84 Å². The Hall–Kier alpha value is -1.34. The lowest BCUT2D eigenvalue weighted by atomic mass is 9.82. The first-order valence-corrected chi connectivity index (χ1v) is 17.4. The first kappa shape index (κ1) is 31.1. The van der Waals surface area contributed by atoms with E-state index >= 15 is 0 Å². The molecule has 4 fully saturated rings. The number of piperidine rings is 3. The van der Waals surface area contributed by atoms with Crippen LogP contribution in [0, 0.1) is 29.6 Å². The summed E-state index contributed by atoms with van der Waals surface area (Å²) >= 11 is 0. The normalized spacial score (nSPS) is 28.9. The van der Waals surface area contributed by atoms with Crippen LogP contribution in [0.3, 0.4) is 0 Å². The summed E-state index contributed by atoms with van der Waals surface area (Å²) in [5, 5.41) is 0. The molecule has 5 aliphatic rings. The molecule has 2 amide bonds. The fraction of sp³-hybridized carbons (Fsp3) is 0.941. The lowest BCUT2D eigenvalue weighted by Crippen LogP contribution is -2.59. The Morgan fingerprint density at radius 2 is 1.37 bits per heavy atom. The van der Waals surface area contributed by atoms with Crippen molar-refractivity contribution in [3.63, 3.8) is 0 Å². The number of hydrogen-bond acceptors (Lipinski definition) is 5. The van der Waals surface area contributed by atoms with E-state index in [-0.39, 0.29) is 11.6 Å². The van der Waals surface area contributed by atoms with Crippen molar-refractivity contribution in [2.24, 2.45) is 34.6 Å². The average Bonchev–Trinajstić information content (AvgIpc) is 3.40. The lowest BCUT2D eigenvalue weighted by molar-refractivity contribution is 0.0270. The molecule has 0 spiro atoms. The van der Waals surface area contributed by atoms with Gasteiger partial charge in [0.2, 0.25) is 0 Å². The molecule has 7 heteroatoms. The Labute approximate surface area is 252 Å². The molecular weight excluding hydrogens is 508 g/mol. The summed E-state index contributed by atoms with van der Waals surface area (Å²) in [6.07, 6.45) is 8.71. The second kappa shape index (κ2) is 13.1. The SMILES string of the molecule is CC(C)C1CCN(C(=O)N2CCN(C(C)(C)CC(C)N3CCC(C4=NCC5CC(C(C)C)CCN45)CC3)CC2)CC1. The van der Waals surface area contributed by atoms with E-state index in [9.17, 15) is 4.79 Å². The number of carbonyl (C=O) groups excluding carboxylic acids is 1. The summed E-state index contributed by atoms with van der Waals surface area (Å²) in [6, 6.07) is 1.54. The lowest BCUT2D eigenvalue weighted by Gasteiger charge is -2.48.